The first-order valence-electron chi connectivity index (χ1n) is 6.13. The van der Waals surface area contributed by atoms with Crippen molar-refractivity contribution < 1.29 is 9.47 Å². The Morgan fingerprint density at radius 3 is 2.41 bits per heavy atom. The standard InChI is InChI=1S/C14H23NO2/c1-12(2)10-15-11-13-4-6-14(7-5-13)17-9-8-16-3/h4-7,12,15H,8-11H2,1-3H3. The second-order valence-electron chi connectivity index (χ2n) is 4.51. The summed E-state index contributed by atoms with van der Waals surface area (Å²) in [5.74, 6) is 1.58. The van der Waals surface area contributed by atoms with Crippen LogP contribution in [0.4, 0.5) is 0 Å². The van der Waals surface area contributed by atoms with Gasteiger partial charge in [0.25, 0.3) is 0 Å². The first kappa shape index (κ1) is 14.0. The highest BCUT2D eigenvalue weighted by Gasteiger charge is 1.97. The quantitative estimate of drug-likeness (QED) is 0.704. The summed E-state index contributed by atoms with van der Waals surface area (Å²) in [6.07, 6.45) is 0. The Morgan fingerprint density at radius 2 is 1.82 bits per heavy atom. The van der Waals surface area contributed by atoms with Crippen molar-refractivity contribution in [3.8, 4) is 5.75 Å². The number of nitrogens with one attached hydrogen (secondary N) is 1. The van der Waals surface area contributed by atoms with E-state index in [4.69, 9.17) is 9.47 Å². The first-order valence-corrected chi connectivity index (χ1v) is 6.13. The molecule has 0 aliphatic carbocycles. The van der Waals surface area contributed by atoms with Gasteiger partial charge in [0.05, 0.1) is 6.61 Å². The number of hydrogen-bond acceptors (Lipinski definition) is 3. The lowest BCUT2D eigenvalue weighted by molar-refractivity contribution is 0.146. The molecule has 0 bridgehead atoms. The monoisotopic (exact) mass is 237 g/mol. The number of hydrogen-bond donors (Lipinski definition) is 1. The third-order valence-corrected chi connectivity index (χ3v) is 2.36. The number of benzene rings is 1. The molecule has 0 saturated heterocycles. The zero-order chi connectivity index (χ0) is 12.5. The first-order chi connectivity index (χ1) is 8.22. The van der Waals surface area contributed by atoms with Crippen LogP contribution in [0.3, 0.4) is 0 Å². The molecule has 1 aromatic rings. The molecule has 0 heterocycles. The molecule has 3 nitrogen and oxygen atoms in total. The summed E-state index contributed by atoms with van der Waals surface area (Å²) in [6.45, 7) is 7.60. The summed E-state index contributed by atoms with van der Waals surface area (Å²) in [4.78, 5) is 0. The normalized spacial score (nSPS) is 10.8. The number of rotatable bonds is 8. The molecule has 1 aromatic carbocycles. The lowest BCUT2D eigenvalue weighted by Crippen LogP contribution is -2.18. The van der Waals surface area contributed by atoms with Crippen LogP contribution < -0.4 is 10.1 Å². The van der Waals surface area contributed by atoms with E-state index in [1.165, 1.54) is 5.56 Å². The molecule has 17 heavy (non-hydrogen) atoms. The Morgan fingerprint density at radius 1 is 1.12 bits per heavy atom. The van der Waals surface area contributed by atoms with Gasteiger partial charge in [0.15, 0.2) is 0 Å². The molecule has 1 rings (SSSR count). The molecule has 0 aliphatic rings. The highest BCUT2D eigenvalue weighted by molar-refractivity contribution is 5.27. The summed E-state index contributed by atoms with van der Waals surface area (Å²) < 4.78 is 10.4. The molecular weight excluding hydrogens is 214 g/mol. The van der Waals surface area contributed by atoms with E-state index in [0.717, 1.165) is 18.8 Å². The van der Waals surface area contributed by atoms with E-state index < -0.39 is 0 Å². The van der Waals surface area contributed by atoms with Crippen LogP contribution >= 0.6 is 0 Å². The van der Waals surface area contributed by atoms with Gasteiger partial charge in [-0.1, -0.05) is 26.0 Å². The van der Waals surface area contributed by atoms with Gasteiger partial charge < -0.3 is 14.8 Å². The van der Waals surface area contributed by atoms with Gasteiger partial charge in [-0.05, 0) is 30.2 Å². The van der Waals surface area contributed by atoms with Gasteiger partial charge in [-0.15, -0.1) is 0 Å². The van der Waals surface area contributed by atoms with Crippen LogP contribution in [-0.4, -0.2) is 26.9 Å². The Labute approximate surface area is 104 Å². The van der Waals surface area contributed by atoms with Crippen molar-refractivity contribution in [2.45, 2.75) is 20.4 Å². The Kier molecular flexibility index (Phi) is 6.67. The van der Waals surface area contributed by atoms with E-state index in [9.17, 15) is 0 Å². The topological polar surface area (TPSA) is 30.5 Å². The summed E-state index contributed by atoms with van der Waals surface area (Å²) in [5.41, 5.74) is 1.28. The van der Waals surface area contributed by atoms with Gasteiger partial charge in [0.1, 0.15) is 12.4 Å². The Balaban J connectivity index is 2.29. The maximum absolute atomic E-state index is 5.50. The molecule has 0 aromatic heterocycles. The summed E-state index contributed by atoms with van der Waals surface area (Å²) in [6, 6.07) is 8.19. The minimum Gasteiger partial charge on any atom is -0.491 e. The molecule has 0 unspecified atom stereocenters. The average Bonchev–Trinajstić information content (AvgIpc) is 2.31. The predicted octanol–water partition coefficient (Wildman–Crippen LogP) is 2.46. The molecule has 0 radical (unpaired) electrons. The van der Waals surface area contributed by atoms with E-state index in [0.29, 0.717) is 19.1 Å². The van der Waals surface area contributed by atoms with E-state index in [2.05, 4.69) is 31.3 Å². The van der Waals surface area contributed by atoms with E-state index in [1.807, 2.05) is 12.1 Å². The lowest BCUT2D eigenvalue weighted by Gasteiger charge is -2.09. The van der Waals surface area contributed by atoms with E-state index >= 15 is 0 Å². The second-order valence-corrected chi connectivity index (χ2v) is 4.51. The zero-order valence-electron chi connectivity index (χ0n) is 11.0. The van der Waals surface area contributed by atoms with Crippen molar-refractivity contribution in [1.82, 2.24) is 5.32 Å². The van der Waals surface area contributed by atoms with Gasteiger partial charge in [-0.25, -0.2) is 0 Å². The van der Waals surface area contributed by atoms with Gasteiger partial charge in [-0.3, -0.25) is 0 Å². The largest absolute Gasteiger partial charge is 0.491 e. The van der Waals surface area contributed by atoms with Crippen LogP contribution in [0.25, 0.3) is 0 Å². The van der Waals surface area contributed by atoms with E-state index in [-0.39, 0.29) is 0 Å². The minimum absolute atomic E-state index is 0.599. The summed E-state index contributed by atoms with van der Waals surface area (Å²) in [5, 5.41) is 3.41. The maximum atomic E-state index is 5.50. The van der Waals surface area contributed by atoms with Gasteiger partial charge in [0.2, 0.25) is 0 Å². The average molecular weight is 237 g/mol. The molecule has 0 atom stereocenters. The second kappa shape index (κ2) is 8.09. The molecule has 0 amide bonds. The van der Waals surface area contributed by atoms with Crippen molar-refractivity contribution in [2.75, 3.05) is 26.9 Å². The van der Waals surface area contributed by atoms with E-state index in [1.54, 1.807) is 7.11 Å². The zero-order valence-corrected chi connectivity index (χ0v) is 11.0. The highest BCUT2D eigenvalue weighted by atomic mass is 16.5. The molecule has 96 valence electrons. The van der Waals surface area contributed by atoms with Gasteiger partial charge >= 0.3 is 0 Å². The molecule has 0 aliphatic heterocycles. The van der Waals surface area contributed by atoms with Crippen LogP contribution in [0.2, 0.25) is 0 Å². The van der Waals surface area contributed by atoms with Crippen molar-refractivity contribution in [3.05, 3.63) is 29.8 Å². The fourth-order valence-electron chi connectivity index (χ4n) is 1.45. The fraction of sp³-hybridized carbons (Fsp3) is 0.571. The van der Waals surface area contributed by atoms with Crippen LogP contribution in [0.5, 0.6) is 5.75 Å². The maximum Gasteiger partial charge on any atom is 0.119 e. The smallest absolute Gasteiger partial charge is 0.119 e. The molecule has 0 spiro atoms. The molecule has 3 heteroatoms. The van der Waals surface area contributed by atoms with Crippen LogP contribution in [0.15, 0.2) is 24.3 Å². The SMILES string of the molecule is COCCOc1ccc(CNCC(C)C)cc1. The van der Waals surface area contributed by atoms with Crippen LogP contribution in [-0.2, 0) is 11.3 Å². The third kappa shape index (κ3) is 6.29. The van der Waals surface area contributed by atoms with Crippen LogP contribution in [0, 0.1) is 5.92 Å². The fourth-order valence-corrected chi connectivity index (χ4v) is 1.45. The van der Waals surface area contributed by atoms with Gasteiger partial charge in [0, 0.05) is 13.7 Å². The molecular formula is C14H23NO2. The minimum atomic E-state index is 0.599. The summed E-state index contributed by atoms with van der Waals surface area (Å²) in [7, 11) is 1.67. The van der Waals surface area contributed by atoms with Crippen molar-refractivity contribution in [2.24, 2.45) is 5.92 Å². The molecule has 1 N–H and O–H groups in total. The van der Waals surface area contributed by atoms with Gasteiger partial charge in [-0.2, -0.15) is 0 Å². The van der Waals surface area contributed by atoms with Crippen LogP contribution in [0.1, 0.15) is 19.4 Å². The van der Waals surface area contributed by atoms with Crippen molar-refractivity contribution >= 4 is 0 Å². The Bertz CT molecular complexity index is 296. The predicted molar refractivity (Wildman–Crippen MR) is 70.4 cm³/mol. The third-order valence-electron chi connectivity index (χ3n) is 2.36. The van der Waals surface area contributed by atoms with Crippen molar-refractivity contribution in [3.63, 3.8) is 0 Å². The Hall–Kier alpha value is -1.06. The molecule has 0 saturated carbocycles. The number of ether oxygens (including phenoxy) is 2. The lowest BCUT2D eigenvalue weighted by atomic mass is 10.2. The summed E-state index contributed by atoms with van der Waals surface area (Å²) >= 11 is 0. The number of methoxy groups -OCH3 is 1. The van der Waals surface area contributed by atoms with Crippen molar-refractivity contribution in [1.29, 1.82) is 0 Å². The molecule has 0 fully saturated rings. The highest BCUT2D eigenvalue weighted by Crippen LogP contribution is 2.11.